The maximum Gasteiger partial charge on any atom is 0.429 e. The van der Waals surface area contributed by atoms with Gasteiger partial charge in [-0.3, -0.25) is 10.1 Å². The first-order valence-corrected chi connectivity index (χ1v) is 7.93. The minimum absolute atomic E-state index is 0.0696. The van der Waals surface area contributed by atoms with Crippen LogP contribution in [-0.2, 0) is 0 Å². The lowest BCUT2D eigenvalue weighted by molar-refractivity contribution is -0.385. The first-order chi connectivity index (χ1) is 11.2. The summed E-state index contributed by atoms with van der Waals surface area (Å²) >= 11 is 1.41. The highest BCUT2D eigenvalue weighted by Gasteiger charge is 2.43. The molecule has 1 heterocycles. The number of aryl methyl sites for hydroxylation is 1. The van der Waals surface area contributed by atoms with Gasteiger partial charge in [-0.25, -0.2) is 4.98 Å². The standard InChI is InChI=1S/C15H13F3N2O3S/c1-9-7-11(20(21)22)8-19-14(9)23-13(15(16,17)18)10-3-5-12(24-2)6-4-10/h3-8,13H,1-2H3. The molecule has 0 aliphatic rings. The van der Waals surface area contributed by atoms with E-state index in [4.69, 9.17) is 4.74 Å². The van der Waals surface area contributed by atoms with Crippen LogP contribution < -0.4 is 4.74 Å². The van der Waals surface area contributed by atoms with E-state index in [0.29, 0.717) is 0 Å². The molecule has 0 N–H and O–H groups in total. The lowest BCUT2D eigenvalue weighted by Gasteiger charge is -2.22. The van der Waals surface area contributed by atoms with Crippen molar-refractivity contribution >= 4 is 17.4 Å². The fourth-order valence-electron chi connectivity index (χ4n) is 1.98. The summed E-state index contributed by atoms with van der Waals surface area (Å²) in [6.45, 7) is 1.40. The number of hydrogen-bond acceptors (Lipinski definition) is 5. The van der Waals surface area contributed by atoms with Gasteiger partial charge in [-0.2, -0.15) is 13.2 Å². The monoisotopic (exact) mass is 358 g/mol. The maximum atomic E-state index is 13.3. The number of alkyl halides is 3. The summed E-state index contributed by atoms with van der Waals surface area (Å²) in [5, 5.41) is 10.7. The van der Waals surface area contributed by atoms with E-state index >= 15 is 0 Å². The van der Waals surface area contributed by atoms with E-state index in [-0.39, 0.29) is 22.7 Å². The molecule has 0 fully saturated rings. The number of nitrogens with zero attached hydrogens (tertiary/aromatic N) is 2. The van der Waals surface area contributed by atoms with Crippen LogP contribution in [0.2, 0.25) is 0 Å². The second-order valence-electron chi connectivity index (χ2n) is 4.89. The first-order valence-electron chi connectivity index (χ1n) is 6.70. The van der Waals surface area contributed by atoms with Crippen LogP contribution in [0.4, 0.5) is 18.9 Å². The number of pyridine rings is 1. The third-order valence-electron chi connectivity index (χ3n) is 3.17. The normalized spacial score (nSPS) is 12.7. The Morgan fingerprint density at radius 3 is 2.38 bits per heavy atom. The molecule has 0 bridgehead atoms. The third kappa shape index (κ3) is 4.16. The molecule has 2 rings (SSSR count). The second kappa shape index (κ2) is 7.08. The summed E-state index contributed by atoms with van der Waals surface area (Å²) in [5.74, 6) is -0.295. The fraction of sp³-hybridized carbons (Fsp3) is 0.267. The van der Waals surface area contributed by atoms with Crippen molar-refractivity contribution in [1.82, 2.24) is 4.98 Å². The van der Waals surface area contributed by atoms with Crippen molar-refractivity contribution in [3.63, 3.8) is 0 Å². The van der Waals surface area contributed by atoms with Crippen LogP contribution in [0.1, 0.15) is 17.2 Å². The van der Waals surface area contributed by atoms with E-state index < -0.39 is 17.2 Å². The Morgan fingerprint density at radius 1 is 1.29 bits per heavy atom. The number of thioether (sulfide) groups is 1. The fourth-order valence-corrected chi connectivity index (χ4v) is 2.39. The molecule has 0 aliphatic heterocycles. The third-order valence-corrected chi connectivity index (χ3v) is 3.92. The Kier molecular flexibility index (Phi) is 5.33. The molecule has 1 aromatic carbocycles. The van der Waals surface area contributed by atoms with E-state index in [0.717, 1.165) is 17.2 Å². The molecule has 9 heteroatoms. The highest BCUT2D eigenvalue weighted by atomic mass is 32.2. The number of nitro groups is 1. The van der Waals surface area contributed by atoms with Crippen LogP contribution in [0.3, 0.4) is 0 Å². The molecule has 0 spiro atoms. The van der Waals surface area contributed by atoms with Gasteiger partial charge < -0.3 is 4.74 Å². The summed E-state index contributed by atoms with van der Waals surface area (Å²) < 4.78 is 45.1. The molecule has 1 unspecified atom stereocenters. The number of rotatable bonds is 5. The van der Waals surface area contributed by atoms with Gasteiger partial charge in [0.1, 0.15) is 6.20 Å². The van der Waals surface area contributed by atoms with Gasteiger partial charge in [0.05, 0.1) is 4.92 Å². The zero-order valence-corrected chi connectivity index (χ0v) is 13.5. The number of benzene rings is 1. The molecule has 24 heavy (non-hydrogen) atoms. The van der Waals surface area contributed by atoms with Gasteiger partial charge in [-0.05, 0) is 25.3 Å². The quantitative estimate of drug-likeness (QED) is 0.440. The molecule has 0 aliphatic carbocycles. The summed E-state index contributed by atoms with van der Waals surface area (Å²) in [6.07, 6.45) is -4.18. The average molecular weight is 358 g/mol. The predicted octanol–water partition coefficient (Wildman–Crippen LogP) is 4.70. The Balaban J connectivity index is 2.34. The number of halogens is 3. The zero-order chi connectivity index (χ0) is 17.9. The lowest BCUT2D eigenvalue weighted by atomic mass is 10.1. The van der Waals surface area contributed by atoms with Crippen molar-refractivity contribution in [2.24, 2.45) is 0 Å². The van der Waals surface area contributed by atoms with Crippen LogP contribution in [0, 0.1) is 17.0 Å². The molecule has 2 aromatic rings. The molecule has 0 saturated heterocycles. The predicted molar refractivity (Wildman–Crippen MR) is 83.3 cm³/mol. The van der Waals surface area contributed by atoms with E-state index in [9.17, 15) is 23.3 Å². The Morgan fingerprint density at radius 2 is 1.92 bits per heavy atom. The number of hydrogen-bond donors (Lipinski definition) is 0. The summed E-state index contributed by atoms with van der Waals surface area (Å²) in [7, 11) is 0. The van der Waals surface area contributed by atoms with Gasteiger partial charge in [0.15, 0.2) is 0 Å². The van der Waals surface area contributed by atoms with Gasteiger partial charge in [0.2, 0.25) is 12.0 Å². The molecule has 128 valence electrons. The van der Waals surface area contributed by atoms with Gasteiger partial charge in [-0.1, -0.05) is 12.1 Å². The van der Waals surface area contributed by atoms with Gasteiger partial charge in [0, 0.05) is 22.1 Å². The largest absolute Gasteiger partial charge is 0.459 e. The van der Waals surface area contributed by atoms with Crippen LogP contribution in [0.5, 0.6) is 5.88 Å². The molecular weight excluding hydrogens is 345 g/mol. The van der Waals surface area contributed by atoms with Crippen LogP contribution in [-0.4, -0.2) is 22.3 Å². The molecule has 5 nitrogen and oxygen atoms in total. The van der Waals surface area contributed by atoms with Crippen molar-refractivity contribution in [2.75, 3.05) is 6.26 Å². The maximum absolute atomic E-state index is 13.3. The topological polar surface area (TPSA) is 65.3 Å². The Bertz CT molecular complexity index is 736. The number of aromatic nitrogens is 1. The van der Waals surface area contributed by atoms with E-state index in [1.807, 2.05) is 6.26 Å². The Labute approximate surface area is 140 Å². The highest BCUT2D eigenvalue weighted by Crippen LogP contribution is 2.37. The van der Waals surface area contributed by atoms with E-state index in [1.54, 1.807) is 12.1 Å². The molecule has 1 atom stereocenters. The van der Waals surface area contributed by atoms with Gasteiger partial charge >= 0.3 is 6.18 Å². The summed E-state index contributed by atoms with van der Waals surface area (Å²) in [6, 6.07) is 6.93. The van der Waals surface area contributed by atoms with Crippen LogP contribution in [0.15, 0.2) is 41.4 Å². The van der Waals surface area contributed by atoms with Crippen molar-refractivity contribution < 1.29 is 22.8 Å². The average Bonchev–Trinajstić information content (AvgIpc) is 2.52. The second-order valence-corrected chi connectivity index (χ2v) is 5.76. The molecule has 0 saturated carbocycles. The van der Waals surface area contributed by atoms with Crippen LogP contribution in [0.25, 0.3) is 0 Å². The van der Waals surface area contributed by atoms with E-state index in [2.05, 4.69) is 4.98 Å². The summed E-state index contributed by atoms with van der Waals surface area (Å²) in [5.41, 5.74) is -0.230. The van der Waals surface area contributed by atoms with Gasteiger partial charge in [-0.15, -0.1) is 11.8 Å². The highest BCUT2D eigenvalue weighted by molar-refractivity contribution is 7.98. The Hall–Kier alpha value is -2.29. The smallest absolute Gasteiger partial charge is 0.429 e. The zero-order valence-electron chi connectivity index (χ0n) is 12.7. The first kappa shape index (κ1) is 18.1. The van der Waals surface area contributed by atoms with Crippen molar-refractivity contribution in [3.05, 3.63) is 57.8 Å². The summed E-state index contributed by atoms with van der Waals surface area (Å²) in [4.78, 5) is 14.5. The van der Waals surface area contributed by atoms with Gasteiger partial charge in [0.25, 0.3) is 5.69 Å². The van der Waals surface area contributed by atoms with Crippen LogP contribution >= 0.6 is 11.8 Å². The molecule has 0 radical (unpaired) electrons. The minimum atomic E-state index is -4.66. The molecule has 0 amide bonds. The lowest BCUT2D eigenvalue weighted by Crippen LogP contribution is -2.26. The SMILES string of the molecule is CSc1ccc(C(Oc2ncc([N+](=O)[O-])cc2C)C(F)(F)F)cc1. The molecule has 1 aromatic heterocycles. The van der Waals surface area contributed by atoms with Crippen molar-refractivity contribution in [3.8, 4) is 5.88 Å². The van der Waals surface area contributed by atoms with Crippen molar-refractivity contribution in [1.29, 1.82) is 0 Å². The molecular formula is C15H13F3N2O3S. The number of ether oxygens (including phenoxy) is 1. The minimum Gasteiger partial charge on any atom is -0.459 e. The van der Waals surface area contributed by atoms with E-state index in [1.165, 1.54) is 30.8 Å². The van der Waals surface area contributed by atoms with Crippen molar-refractivity contribution in [2.45, 2.75) is 24.1 Å².